The van der Waals surface area contributed by atoms with Crippen molar-refractivity contribution >= 4 is 23.1 Å². The van der Waals surface area contributed by atoms with Gasteiger partial charge >= 0.3 is 0 Å². The molecule has 2 aromatic carbocycles. The average molecular weight is 347 g/mol. The zero-order chi connectivity index (χ0) is 18.4. The summed E-state index contributed by atoms with van der Waals surface area (Å²) in [4.78, 5) is 18.6. The van der Waals surface area contributed by atoms with Gasteiger partial charge in [-0.25, -0.2) is 4.98 Å². The molecule has 0 saturated heterocycles. The van der Waals surface area contributed by atoms with Crippen molar-refractivity contribution in [1.82, 2.24) is 4.98 Å². The van der Waals surface area contributed by atoms with Gasteiger partial charge < -0.3 is 15.0 Å². The maximum atomic E-state index is 12.2. The Kier molecular flexibility index (Phi) is 5.49. The minimum atomic E-state index is -0.0823. The lowest BCUT2D eigenvalue weighted by molar-refractivity contribution is -0.115. The number of benzene rings is 2. The second kappa shape index (κ2) is 8.16. The van der Waals surface area contributed by atoms with Crippen molar-refractivity contribution in [3.8, 4) is 5.75 Å². The second-order valence-corrected chi connectivity index (χ2v) is 5.87. The number of carbonyl (C=O) groups excluding carboxylic acids is 1. The Hall–Kier alpha value is -3.34. The molecule has 0 aliphatic heterocycles. The number of pyridine rings is 1. The third kappa shape index (κ3) is 4.39. The first-order chi connectivity index (χ1) is 12.7. The van der Waals surface area contributed by atoms with E-state index >= 15 is 0 Å². The van der Waals surface area contributed by atoms with Crippen LogP contribution in [-0.2, 0) is 11.2 Å². The van der Waals surface area contributed by atoms with Crippen molar-refractivity contribution in [2.45, 2.75) is 6.42 Å². The largest absolute Gasteiger partial charge is 0.497 e. The summed E-state index contributed by atoms with van der Waals surface area (Å²) in [6.07, 6.45) is 1.97. The molecule has 0 saturated carbocycles. The summed E-state index contributed by atoms with van der Waals surface area (Å²) >= 11 is 0. The smallest absolute Gasteiger partial charge is 0.228 e. The summed E-state index contributed by atoms with van der Waals surface area (Å²) < 4.78 is 5.12. The Morgan fingerprint density at radius 1 is 1.04 bits per heavy atom. The summed E-state index contributed by atoms with van der Waals surface area (Å²) in [7, 11) is 3.58. The predicted molar refractivity (Wildman–Crippen MR) is 104 cm³/mol. The zero-order valence-corrected chi connectivity index (χ0v) is 14.8. The molecule has 1 amide bonds. The van der Waals surface area contributed by atoms with E-state index in [4.69, 9.17) is 4.74 Å². The lowest BCUT2D eigenvalue weighted by atomic mass is 10.1. The van der Waals surface area contributed by atoms with Gasteiger partial charge in [-0.15, -0.1) is 0 Å². The van der Waals surface area contributed by atoms with E-state index < -0.39 is 0 Å². The first-order valence-corrected chi connectivity index (χ1v) is 8.33. The van der Waals surface area contributed by atoms with Gasteiger partial charge in [0.15, 0.2) is 0 Å². The summed E-state index contributed by atoms with van der Waals surface area (Å²) in [5.41, 5.74) is 2.65. The molecule has 0 aliphatic carbocycles. The van der Waals surface area contributed by atoms with Gasteiger partial charge in [0, 0.05) is 12.7 Å². The Morgan fingerprint density at radius 2 is 1.77 bits per heavy atom. The fraction of sp³-hybridized carbons (Fsp3) is 0.143. The number of para-hydroxylation sites is 1. The number of hydrogen-bond donors (Lipinski definition) is 1. The molecule has 5 nitrogen and oxygen atoms in total. The van der Waals surface area contributed by atoms with E-state index in [0.29, 0.717) is 12.1 Å². The van der Waals surface area contributed by atoms with Crippen LogP contribution >= 0.6 is 0 Å². The Morgan fingerprint density at radius 3 is 2.38 bits per heavy atom. The molecule has 0 atom stereocenters. The summed E-state index contributed by atoms with van der Waals surface area (Å²) in [5.74, 6) is 1.50. The van der Waals surface area contributed by atoms with Crippen LogP contribution in [0.5, 0.6) is 5.75 Å². The monoisotopic (exact) mass is 347 g/mol. The maximum absolute atomic E-state index is 12.2. The third-order valence-corrected chi connectivity index (χ3v) is 4.04. The van der Waals surface area contributed by atoms with Crippen LogP contribution in [0.15, 0.2) is 72.9 Å². The summed E-state index contributed by atoms with van der Waals surface area (Å²) in [6.45, 7) is 0. The highest BCUT2D eigenvalue weighted by atomic mass is 16.5. The minimum Gasteiger partial charge on any atom is -0.497 e. The molecule has 26 heavy (non-hydrogen) atoms. The van der Waals surface area contributed by atoms with E-state index in [1.807, 2.05) is 78.7 Å². The van der Waals surface area contributed by atoms with Crippen molar-refractivity contribution in [3.05, 3.63) is 78.5 Å². The molecule has 0 unspecified atom stereocenters. The highest BCUT2D eigenvalue weighted by molar-refractivity contribution is 5.92. The number of rotatable bonds is 6. The van der Waals surface area contributed by atoms with Gasteiger partial charge in [0.2, 0.25) is 5.91 Å². The molecular weight excluding hydrogens is 326 g/mol. The normalized spacial score (nSPS) is 10.2. The van der Waals surface area contributed by atoms with Crippen molar-refractivity contribution in [3.63, 3.8) is 0 Å². The predicted octanol–water partition coefficient (Wildman–Crippen LogP) is 4.04. The standard InChI is InChI=1S/C21H21N3O2/c1-24(18-6-4-3-5-7-18)20-13-10-17(15-22-20)23-21(25)14-16-8-11-19(26-2)12-9-16/h3-13,15H,14H2,1-2H3,(H,23,25). The van der Waals surface area contributed by atoms with Crippen LogP contribution in [0, 0.1) is 0 Å². The van der Waals surface area contributed by atoms with E-state index in [0.717, 1.165) is 22.8 Å². The van der Waals surface area contributed by atoms with Crippen LogP contribution in [-0.4, -0.2) is 25.0 Å². The van der Waals surface area contributed by atoms with Crippen LogP contribution in [0.25, 0.3) is 0 Å². The number of ether oxygens (including phenoxy) is 1. The third-order valence-electron chi connectivity index (χ3n) is 4.04. The van der Waals surface area contributed by atoms with Crippen molar-refractivity contribution in [2.75, 3.05) is 24.4 Å². The molecule has 0 spiro atoms. The second-order valence-electron chi connectivity index (χ2n) is 5.87. The molecule has 1 heterocycles. The lowest BCUT2D eigenvalue weighted by Gasteiger charge is -2.18. The number of methoxy groups -OCH3 is 1. The van der Waals surface area contributed by atoms with Crippen LogP contribution in [0.2, 0.25) is 0 Å². The Labute approximate surface area is 153 Å². The molecular formula is C21H21N3O2. The number of anilines is 3. The Balaban J connectivity index is 1.60. The van der Waals surface area contributed by atoms with Crippen molar-refractivity contribution in [1.29, 1.82) is 0 Å². The molecule has 0 bridgehead atoms. The topological polar surface area (TPSA) is 54.5 Å². The quantitative estimate of drug-likeness (QED) is 0.731. The van der Waals surface area contributed by atoms with Crippen molar-refractivity contribution < 1.29 is 9.53 Å². The lowest BCUT2D eigenvalue weighted by Crippen LogP contribution is -2.15. The molecule has 5 heteroatoms. The van der Waals surface area contributed by atoms with E-state index in [2.05, 4.69) is 10.3 Å². The van der Waals surface area contributed by atoms with Gasteiger partial charge in [0.1, 0.15) is 11.6 Å². The van der Waals surface area contributed by atoms with E-state index in [1.165, 1.54) is 0 Å². The van der Waals surface area contributed by atoms with Crippen LogP contribution in [0.4, 0.5) is 17.2 Å². The van der Waals surface area contributed by atoms with Gasteiger partial charge in [-0.3, -0.25) is 4.79 Å². The number of nitrogens with one attached hydrogen (secondary N) is 1. The van der Waals surface area contributed by atoms with Crippen LogP contribution < -0.4 is 15.0 Å². The van der Waals surface area contributed by atoms with Crippen molar-refractivity contribution in [2.24, 2.45) is 0 Å². The summed E-state index contributed by atoms with van der Waals surface area (Å²) in [6, 6.07) is 21.2. The maximum Gasteiger partial charge on any atom is 0.228 e. The number of aromatic nitrogens is 1. The first-order valence-electron chi connectivity index (χ1n) is 8.33. The fourth-order valence-corrected chi connectivity index (χ4v) is 2.58. The minimum absolute atomic E-state index is 0.0823. The van der Waals surface area contributed by atoms with Gasteiger partial charge in [-0.05, 0) is 42.0 Å². The fourth-order valence-electron chi connectivity index (χ4n) is 2.58. The van der Waals surface area contributed by atoms with Gasteiger partial charge in [-0.1, -0.05) is 30.3 Å². The highest BCUT2D eigenvalue weighted by Crippen LogP contribution is 2.22. The average Bonchev–Trinajstić information content (AvgIpc) is 2.69. The molecule has 0 fully saturated rings. The molecule has 1 aromatic heterocycles. The molecule has 0 radical (unpaired) electrons. The summed E-state index contributed by atoms with van der Waals surface area (Å²) in [5, 5.41) is 2.87. The van der Waals surface area contributed by atoms with E-state index in [1.54, 1.807) is 13.3 Å². The highest BCUT2D eigenvalue weighted by Gasteiger charge is 2.07. The molecule has 3 aromatic rings. The van der Waals surface area contributed by atoms with Gasteiger partial charge in [0.05, 0.1) is 25.4 Å². The molecule has 132 valence electrons. The molecule has 3 rings (SSSR count). The SMILES string of the molecule is COc1ccc(CC(=O)Nc2ccc(N(C)c3ccccc3)nc2)cc1. The van der Waals surface area contributed by atoms with Crippen LogP contribution in [0.3, 0.4) is 0 Å². The Bertz CT molecular complexity index is 847. The van der Waals surface area contributed by atoms with Gasteiger partial charge in [0.25, 0.3) is 0 Å². The van der Waals surface area contributed by atoms with E-state index in [-0.39, 0.29) is 5.91 Å². The molecule has 1 N–H and O–H groups in total. The number of nitrogens with zero attached hydrogens (tertiary/aromatic N) is 2. The van der Waals surface area contributed by atoms with Gasteiger partial charge in [-0.2, -0.15) is 0 Å². The number of amides is 1. The zero-order valence-electron chi connectivity index (χ0n) is 14.8. The first kappa shape index (κ1) is 17.5. The number of hydrogen-bond acceptors (Lipinski definition) is 4. The van der Waals surface area contributed by atoms with Crippen LogP contribution in [0.1, 0.15) is 5.56 Å². The number of carbonyl (C=O) groups is 1. The molecule has 0 aliphatic rings. The van der Waals surface area contributed by atoms with E-state index in [9.17, 15) is 4.79 Å².